The summed E-state index contributed by atoms with van der Waals surface area (Å²) in [5.74, 6) is -0.854. The highest BCUT2D eigenvalue weighted by Gasteiger charge is 2.50. The predicted octanol–water partition coefficient (Wildman–Crippen LogP) is 3.25. The van der Waals surface area contributed by atoms with Crippen LogP contribution in [0.1, 0.15) is 25.3 Å². The largest absolute Gasteiger partial charge is 0.357 e. The van der Waals surface area contributed by atoms with Crippen molar-refractivity contribution in [3.63, 3.8) is 0 Å². The molecule has 6 heterocycles. The van der Waals surface area contributed by atoms with Gasteiger partial charge >= 0.3 is 0 Å². The molecule has 3 aliphatic heterocycles. The molecule has 0 spiro atoms. The van der Waals surface area contributed by atoms with Gasteiger partial charge in [0.05, 0.1) is 22.9 Å². The van der Waals surface area contributed by atoms with Crippen LogP contribution in [-0.4, -0.2) is 87.9 Å². The van der Waals surface area contributed by atoms with Crippen LogP contribution in [0.15, 0.2) is 47.8 Å². The number of hydrogen-bond acceptors (Lipinski definition) is 9. The van der Waals surface area contributed by atoms with Gasteiger partial charge in [0.25, 0.3) is 0 Å². The summed E-state index contributed by atoms with van der Waals surface area (Å²) < 4.78 is 38.9. The number of fused-ring (bicyclic) bond motifs is 3. The molecule has 14 heteroatoms. The van der Waals surface area contributed by atoms with Crippen molar-refractivity contribution in [2.75, 3.05) is 30.5 Å². The number of carbonyl (C=O) groups excluding carboxylic acids is 2. The Kier molecular flexibility index (Phi) is 7.13. The summed E-state index contributed by atoms with van der Waals surface area (Å²) in [6.07, 6.45) is 7.13. The molecule has 2 unspecified atom stereocenters. The Morgan fingerprint density at radius 2 is 2.05 bits per heavy atom. The van der Waals surface area contributed by atoms with Crippen molar-refractivity contribution in [2.24, 2.45) is 0 Å². The van der Waals surface area contributed by atoms with Gasteiger partial charge in [0.1, 0.15) is 10.9 Å². The number of likely N-dealkylation sites (N-methyl/N-ethyl adjacent to an activating group) is 1. The summed E-state index contributed by atoms with van der Waals surface area (Å²) in [4.78, 5) is 46.1. The average molecular weight is 607 g/mol. The molecule has 3 aliphatic rings. The number of sulfone groups is 1. The fourth-order valence-corrected chi connectivity index (χ4v) is 6.62. The van der Waals surface area contributed by atoms with Gasteiger partial charge in [0, 0.05) is 48.4 Å². The van der Waals surface area contributed by atoms with E-state index in [0.717, 1.165) is 23.6 Å². The summed E-state index contributed by atoms with van der Waals surface area (Å²) in [6, 6.07) is 5.32. The molecule has 4 aromatic rings. The summed E-state index contributed by atoms with van der Waals surface area (Å²) in [6.45, 7) is 4.24. The van der Waals surface area contributed by atoms with Gasteiger partial charge in [-0.2, -0.15) is 0 Å². The van der Waals surface area contributed by atoms with Gasteiger partial charge < -0.3 is 20.5 Å². The minimum atomic E-state index is -3.77. The first-order valence-electron chi connectivity index (χ1n) is 13.9. The van der Waals surface area contributed by atoms with Gasteiger partial charge in [0.2, 0.25) is 17.8 Å². The Labute approximate surface area is 247 Å². The van der Waals surface area contributed by atoms with Crippen molar-refractivity contribution in [2.45, 2.75) is 49.7 Å². The first-order chi connectivity index (χ1) is 20.5. The Bertz CT molecular complexity index is 1880. The standard InChI is InChI=1S/C29H31FN8O4S/c1-5-20(38-14-16-11-21(28(38)40)37(16)3)27(39)36-26-25-17(9-10-31-26)18(13-32-25)24-15(2)12-33-29(35-24)34-19-7-6-8-22(23(19)30)43(4,41)42/h6-10,12-13,16,20-21,32H,5,11,14H2,1-4H3,(H,31,36,39)(H,33,34,35)/t16?,20-,21?/m1/s1. The summed E-state index contributed by atoms with van der Waals surface area (Å²) in [5.41, 5.74) is 2.47. The molecule has 0 saturated carbocycles. The van der Waals surface area contributed by atoms with E-state index in [-0.39, 0.29) is 35.5 Å². The molecule has 3 atom stereocenters. The molecule has 1 aromatic carbocycles. The van der Waals surface area contributed by atoms with E-state index in [1.165, 1.54) is 18.2 Å². The fourth-order valence-electron chi connectivity index (χ4n) is 5.86. The number of H-pyrrole nitrogens is 1. The van der Waals surface area contributed by atoms with E-state index in [0.29, 0.717) is 35.6 Å². The van der Waals surface area contributed by atoms with E-state index in [4.69, 9.17) is 0 Å². The Morgan fingerprint density at radius 1 is 1.26 bits per heavy atom. The average Bonchev–Trinajstić information content (AvgIpc) is 3.40. The third kappa shape index (κ3) is 4.99. The second-order valence-corrected chi connectivity index (χ2v) is 13.0. The van der Waals surface area contributed by atoms with Crippen molar-refractivity contribution < 1.29 is 22.4 Å². The van der Waals surface area contributed by atoms with E-state index in [9.17, 15) is 22.4 Å². The summed E-state index contributed by atoms with van der Waals surface area (Å²) in [5, 5.41) is 6.43. The molecule has 3 aromatic heterocycles. The van der Waals surface area contributed by atoms with Crippen LogP contribution in [0, 0.1) is 12.7 Å². The number of nitrogens with one attached hydrogen (secondary N) is 3. The lowest BCUT2D eigenvalue weighted by molar-refractivity contribution is -0.162. The molecular weight excluding hydrogens is 575 g/mol. The van der Waals surface area contributed by atoms with Gasteiger partial charge in [-0.25, -0.2) is 27.8 Å². The third-order valence-corrected chi connectivity index (χ3v) is 9.40. The number of piperidine rings is 1. The summed E-state index contributed by atoms with van der Waals surface area (Å²) >= 11 is 0. The van der Waals surface area contributed by atoms with Crippen molar-refractivity contribution in [3.05, 3.63) is 54.2 Å². The highest BCUT2D eigenvalue weighted by atomic mass is 32.2. The molecule has 3 N–H and O–H groups in total. The van der Waals surface area contributed by atoms with E-state index >= 15 is 0 Å². The number of rotatable bonds is 8. The first-order valence-corrected chi connectivity index (χ1v) is 15.8. The molecule has 224 valence electrons. The molecule has 3 fully saturated rings. The Hall–Kier alpha value is -4.43. The lowest BCUT2D eigenvalue weighted by atomic mass is 9.86. The monoisotopic (exact) mass is 606 g/mol. The van der Waals surface area contributed by atoms with Crippen LogP contribution in [0.2, 0.25) is 0 Å². The normalized spacial score (nSPS) is 19.3. The Balaban J connectivity index is 1.27. The van der Waals surface area contributed by atoms with E-state index < -0.39 is 26.6 Å². The number of hydrogen-bond donors (Lipinski definition) is 3. The maximum absolute atomic E-state index is 15.0. The van der Waals surface area contributed by atoms with Crippen LogP contribution < -0.4 is 10.6 Å². The number of aromatic amines is 1. The molecule has 3 saturated heterocycles. The molecule has 0 aliphatic carbocycles. The number of piperazine rings is 1. The van der Waals surface area contributed by atoms with Gasteiger partial charge in [0.15, 0.2) is 21.5 Å². The first kappa shape index (κ1) is 28.7. The minimum Gasteiger partial charge on any atom is -0.357 e. The van der Waals surface area contributed by atoms with Crippen LogP contribution >= 0.6 is 0 Å². The molecule has 43 heavy (non-hydrogen) atoms. The number of nitrogens with zero attached hydrogens (tertiary/aromatic N) is 5. The molecular formula is C29H31FN8O4S. The Morgan fingerprint density at radius 3 is 2.74 bits per heavy atom. The van der Waals surface area contributed by atoms with E-state index in [1.54, 1.807) is 29.6 Å². The van der Waals surface area contributed by atoms with Crippen molar-refractivity contribution in [3.8, 4) is 11.3 Å². The van der Waals surface area contributed by atoms with Crippen LogP contribution in [0.25, 0.3) is 22.2 Å². The maximum atomic E-state index is 15.0. The third-order valence-electron chi connectivity index (χ3n) is 8.28. The van der Waals surface area contributed by atoms with Crippen LogP contribution in [-0.2, 0) is 19.4 Å². The number of halogens is 1. The molecule has 2 amide bonds. The van der Waals surface area contributed by atoms with Crippen molar-refractivity contribution in [1.82, 2.24) is 29.7 Å². The number of amides is 2. The smallest absolute Gasteiger partial charge is 0.248 e. The minimum absolute atomic E-state index is 0.0214. The zero-order valence-corrected chi connectivity index (χ0v) is 24.9. The SMILES string of the molecule is CC[C@H](C(=O)Nc1nccc2c(-c3nc(Nc4cccc(S(C)(=O)=O)c4F)ncc3C)c[nH]c12)N1CC2CC(C1=O)N2C. The molecule has 7 rings (SSSR count). The topological polar surface area (TPSA) is 153 Å². The molecule has 0 radical (unpaired) electrons. The van der Waals surface area contributed by atoms with Gasteiger partial charge in [-0.15, -0.1) is 0 Å². The zero-order chi connectivity index (χ0) is 30.6. The fraction of sp³-hybridized carbons (Fsp3) is 0.345. The molecule has 2 bridgehead atoms. The highest BCUT2D eigenvalue weighted by Crippen LogP contribution is 2.35. The maximum Gasteiger partial charge on any atom is 0.248 e. The quantitative estimate of drug-likeness (QED) is 0.274. The van der Waals surface area contributed by atoms with Crippen molar-refractivity contribution >= 4 is 50.0 Å². The number of aryl methyl sites for hydroxylation is 1. The molecule has 12 nitrogen and oxygen atoms in total. The van der Waals surface area contributed by atoms with E-state index in [1.807, 2.05) is 20.9 Å². The number of benzene rings is 1. The second-order valence-electron chi connectivity index (χ2n) is 11.0. The zero-order valence-electron chi connectivity index (χ0n) is 24.1. The number of pyridine rings is 1. The van der Waals surface area contributed by atoms with Crippen LogP contribution in [0.5, 0.6) is 0 Å². The highest BCUT2D eigenvalue weighted by molar-refractivity contribution is 7.90. The number of anilines is 3. The lowest BCUT2D eigenvalue weighted by Crippen LogP contribution is -2.72. The number of aromatic nitrogens is 4. The van der Waals surface area contributed by atoms with Gasteiger partial charge in [-0.05, 0) is 50.6 Å². The second kappa shape index (κ2) is 10.7. The van der Waals surface area contributed by atoms with Crippen LogP contribution in [0.3, 0.4) is 0 Å². The van der Waals surface area contributed by atoms with Gasteiger partial charge in [-0.1, -0.05) is 13.0 Å². The lowest BCUT2D eigenvalue weighted by Gasteiger charge is -2.55. The van der Waals surface area contributed by atoms with Crippen LogP contribution in [0.4, 0.5) is 21.8 Å². The number of carbonyl (C=O) groups is 2. The van der Waals surface area contributed by atoms with E-state index in [2.05, 4.69) is 35.5 Å². The predicted molar refractivity (Wildman–Crippen MR) is 159 cm³/mol. The summed E-state index contributed by atoms with van der Waals surface area (Å²) in [7, 11) is -1.83. The van der Waals surface area contributed by atoms with Crippen molar-refractivity contribution in [1.29, 1.82) is 0 Å². The van der Waals surface area contributed by atoms with Gasteiger partial charge in [-0.3, -0.25) is 14.5 Å².